The minimum absolute atomic E-state index is 0.161. The lowest BCUT2D eigenvalue weighted by atomic mass is 10.1. The Morgan fingerprint density at radius 1 is 1.28 bits per heavy atom. The van der Waals surface area contributed by atoms with Gasteiger partial charge in [0, 0.05) is 23.2 Å². The highest BCUT2D eigenvalue weighted by Crippen LogP contribution is 2.19. The second kappa shape index (κ2) is 7.12. The van der Waals surface area contributed by atoms with Gasteiger partial charge in [0.1, 0.15) is 5.82 Å². The fourth-order valence-electron chi connectivity index (χ4n) is 2.27. The Labute approximate surface area is 113 Å². The van der Waals surface area contributed by atoms with Crippen LogP contribution in [0.1, 0.15) is 12.8 Å². The Bertz CT molecular complexity index is 349. The van der Waals surface area contributed by atoms with Crippen molar-refractivity contribution >= 4 is 11.8 Å². The maximum atomic E-state index is 12.8. The highest BCUT2D eigenvalue weighted by Gasteiger charge is 2.16. The van der Waals surface area contributed by atoms with Crippen molar-refractivity contribution in [3.63, 3.8) is 0 Å². The summed E-state index contributed by atoms with van der Waals surface area (Å²) >= 11 is 1.80. The van der Waals surface area contributed by atoms with Crippen LogP contribution in [0.3, 0.4) is 0 Å². The highest BCUT2D eigenvalue weighted by molar-refractivity contribution is 7.99. The Morgan fingerprint density at radius 2 is 1.94 bits per heavy atom. The lowest BCUT2D eigenvalue weighted by Gasteiger charge is -2.31. The van der Waals surface area contributed by atoms with Gasteiger partial charge in [-0.05, 0) is 57.2 Å². The van der Waals surface area contributed by atoms with E-state index in [1.807, 2.05) is 12.1 Å². The highest BCUT2D eigenvalue weighted by atomic mass is 32.2. The summed E-state index contributed by atoms with van der Waals surface area (Å²) in [5, 5.41) is 3.39. The van der Waals surface area contributed by atoms with Crippen LogP contribution in [-0.2, 0) is 0 Å². The van der Waals surface area contributed by atoms with Crippen molar-refractivity contribution in [2.45, 2.75) is 23.8 Å². The van der Waals surface area contributed by atoms with Crippen LogP contribution in [0.4, 0.5) is 4.39 Å². The summed E-state index contributed by atoms with van der Waals surface area (Å²) in [6, 6.07) is 7.48. The number of nitrogens with one attached hydrogen (secondary N) is 1. The summed E-state index contributed by atoms with van der Waals surface area (Å²) in [5.74, 6) is 0.901. The lowest BCUT2D eigenvalue weighted by molar-refractivity contribution is 0.210. The van der Waals surface area contributed by atoms with Crippen LogP contribution in [0.15, 0.2) is 29.2 Å². The molecule has 0 amide bonds. The average Bonchev–Trinajstić information content (AvgIpc) is 2.42. The van der Waals surface area contributed by atoms with E-state index in [0.717, 1.165) is 36.3 Å². The summed E-state index contributed by atoms with van der Waals surface area (Å²) in [4.78, 5) is 3.60. The molecule has 1 fully saturated rings. The molecule has 0 radical (unpaired) electrons. The van der Waals surface area contributed by atoms with Crippen LogP contribution in [-0.4, -0.2) is 43.4 Å². The molecule has 1 aromatic rings. The average molecular weight is 268 g/mol. The standard InChI is InChI=1S/C14H21FN2S/c1-17(13-6-8-16-9-7-13)10-11-18-14-4-2-12(15)3-5-14/h2-5,13,16H,6-11H2,1H3. The number of thioether (sulfide) groups is 1. The zero-order valence-electron chi connectivity index (χ0n) is 10.9. The van der Waals surface area contributed by atoms with Gasteiger partial charge >= 0.3 is 0 Å². The van der Waals surface area contributed by atoms with Crippen LogP contribution in [0, 0.1) is 5.82 Å². The van der Waals surface area contributed by atoms with Crippen LogP contribution in [0.25, 0.3) is 0 Å². The first-order valence-electron chi connectivity index (χ1n) is 6.55. The van der Waals surface area contributed by atoms with Gasteiger partial charge in [-0.3, -0.25) is 0 Å². The molecule has 2 nitrogen and oxygen atoms in total. The zero-order valence-corrected chi connectivity index (χ0v) is 11.7. The summed E-state index contributed by atoms with van der Waals surface area (Å²) in [6.45, 7) is 3.37. The fourth-order valence-corrected chi connectivity index (χ4v) is 3.21. The van der Waals surface area contributed by atoms with Crippen molar-refractivity contribution in [3.05, 3.63) is 30.1 Å². The van der Waals surface area contributed by atoms with Crippen molar-refractivity contribution in [2.24, 2.45) is 0 Å². The smallest absolute Gasteiger partial charge is 0.123 e. The van der Waals surface area contributed by atoms with Crippen LogP contribution < -0.4 is 5.32 Å². The summed E-state index contributed by atoms with van der Waals surface area (Å²) in [5.41, 5.74) is 0. The van der Waals surface area contributed by atoms with E-state index >= 15 is 0 Å². The van der Waals surface area contributed by atoms with E-state index in [4.69, 9.17) is 0 Å². The molecule has 4 heteroatoms. The van der Waals surface area contributed by atoms with E-state index in [1.54, 1.807) is 11.8 Å². The van der Waals surface area contributed by atoms with Crippen LogP contribution in [0.5, 0.6) is 0 Å². The maximum Gasteiger partial charge on any atom is 0.123 e. The van der Waals surface area contributed by atoms with Gasteiger partial charge in [-0.25, -0.2) is 4.39 Å². The molecular weight excluding hydrogens is 247 g/mol. The van der Waals surface area contributed by atoms with Crippen LogP contribution in [0.2, 0.25) is 0 Å². The number of nitrogens with zero attached hydrogens (tertiary/aromatic N) is 1. The van der Waals surface area contributed by atoms with Gasteiger partial charge in [-0.1, -0.05) is 0 Å². The van der Waals surface area contributed by atoms with Crippen molar-refractivity contribution in [3.8, 4) is 0 Å². The number of halogens is 1. The van der Waals surface area contributed by atoms with Crippen LogP contribution >= 0.6 is 11.8 Å². The van der Waals surface area contributed by atoms with Crippen molar-refractivity contribution in [1.29, 1.82) is 0 Å². The monoisotopic (exact) mass is 268 g/mol. The number of hydrogen-bond acceptors (Lipinski definition) is 3. The Kier molecular flexibility index (Phi) is 5.47. The predicted molar refractivity (Wildman–Crippen MR) is 75.6 cm³/mol. The molecule has 1 aromatic carbocycles. The molecular formula is C14H21FN2S. The molecule has 1 heterocycles. The summed E-state index contributed by atoms with van der Waals surface area (Å²) in [6.07, 6.45) is 2.50. The molecule has 1 saturated heterocycles. The maximum absolute atomic E-state index is 12.8. The van der Waals surface area contributed by atoms with Crippen molar-refractivity contribution in [2.75, 3.05) is 32.4 Å². The Morgan fingerprint density at radius 3 is 2.61 bits per heavy atom. The largest absolute Gasteiger partial charge is 0.317 e. The van der Waals surface area contributed by atoms with E-state index in [2.05, 4.69) is 17.3 Å². The third kappa shape index (κ3) is 4.26. The van der Waals surface area contributed by atoms with E-state index < -0.39 is 0 Å². The first-order chi connectivity index (χ1) is 8.75. The molecule has 0 atom stereocenters. The Hall–Kier alpha value is -0.580. The fraction of sp³-hybridized carbons (Fsp3) is 0.571. The van der Waals surface area contributed by atoms with Crippen molar-refractivity contribution in [1.82, 2.24) is 10.2 Å². The molecule has 100 valence electrons. The van der Waals surface area contributed by atoms with E-state index in [0.29, 0.717) is 0 Å². The number of piperidine rings is 1. The topological polar surface area (TPSA) is 15.3 Å². The zero-order chi connectivity index (χ0) is 12.8. The minimum atomic E-state index is -0.161. The second-order valence-electron chi connectivity index (χ2n) is 4.76. The van der Waals surface area contributed by atoms with Gasteiger partial charge in [0.25, 0.3) is 0 Å². The molecule has 0 spiro atoms. The third-order valence-electron chi connectivity index (χ3n) is 3.46. The molecule has 18 heavy (non-hydrogen) atoms. The molecule has 0 unspecified atom stereocenters. The second-order valence-corrected chi connectivity index (χ2v) is 5.93. The van der Waals surface area contributed by atoms with Gasteiger partial charge in [0.05, 0.1) is 0 Å². The SMILES string of the molecule is CN(CCSc1ccc(F)cc1)C1CCNCC1. The quantitative estimate of drug-likeness (QED) is 0.826. The lowest BCUT2D eigenvalue weighted by Crippen LogP contribution is -2.41. The predicted octanol–water partition coefficient (Wildman–Crippen LogP) is 2.60. The first kappa shape index (κ1) is 13.8. The van der Waals surface area contributed by atoms with E-state index in [9.17, 15) is 4.39 Å². The summed E-state index contributed by atoms with van der Waals surface area (Å²) < 4.78 is 12.8. The molecule has 1 aliphatic rings. The summed E-state index contributed by atoms with van der Waals surface area (Å²) in [7, 11) is 2.21. The van der Waals surface area contributed by atoms with E-state index in [-0.39, 0.29) is 5.82 Å². The molecule has 0 aromatic heterocycles. The number of benzene rings is 1. The minimum Gasteiger partial charge on any atom is -0.317 e. The first-order valence-corrected chi connectivity index (χ1v) is 7.53. The molecule has 2 rings (SSSR count). The normalized spacial score (nSPS) is 17.3. The van der Waals surface area contributed by atoms with Gasteiger partial charge < -0.3 is 10.2 Å². The Balaban J connectivity index is 1.69. The molecule has 1 N–H and O–H groups in total. The molecule has 0 saturated carbocycles. The molecule has 0 bridgehead atoms. The molecule has 1 aliphatic heterocycles. The number of hydrogen-bond donors (Lipinski definition) is 1. The van der Waals surface area contributed by atoms with Gasteiger partial charge in [-0.15, -0.1) is 11.8 Å². The number of rotatable bonds is 5. The van der Waals surface area contributed by atoms with Gasteiger partial charge in [-0.2, -0.15) is 0 Å². The van der Waals surface area contributed by atoms with E-state index in [1.165, 1.54) is 25.0 Å². The van der Waals surface area contributed by atoms with Gasteiger partial charge in [0.2, 0.25) is 0 Å². The molecule has 0 aliphatic carbocycles. The van der Waals surface area contributed by atoms with Gasteiger partial charge in [0.15, 0.2) is 0 Å². The van der Waals surface area contributed by atoms with Crippen molar-refractivity contribution < 1.29 is 4.39 Å². The third-order valence-corrected chi connectivity index (χ3v) is 4.45.